The Kier molecular flexibility index (Phi) is 4.08. The highest BCUT2D eigenvalue weighted by Crippen LogP contribution is 2.54. The van der Waals surface area contributed by atoms with Crippen LogP contribution < -0.4 is 5.73 Å². The standard InChI is InChI=1S/C15H27N3O/c16-3-1-4-17-5-2-6-18(8-7-17)15(19)14-10-12-9-13(12)11-14/h12-14H,1-11,16H2. The van der Waals surface area contributed by atoms with Gasteiger partial charge in [-0.2, -0.15) is 0 Å². The van der Waals surface area contributed by atoms with Crippen LogP contribution in [0, 0.1) is 17.8 Å². The topological polar surface area (TPSA) is 49.6 Å². The van der Waals surface area contributed by atoms with E-state index in [2.05, 4.69) is 9.80 Å². The molecule has 19 heavy (non-hydrogen) atoms. The zero-order valence-electron chi connectivity index (χ0n) is 11.9. The molecule has 2 N–H and O–H groups in total. The highest BCUT2D eigenvalue weighted by atomic mass is 16.2. The van der Waals surface area contributed by atoms with Crippen molar-refractivity contribution in [1.29, 1.82) is 0 Å². The molecule has 1 amide bonds. The summed E-state index contributed by atoms with van der Waals surface area (Å²) in [5.41, 5.74) is 5.57. The summed E-state index contributed by atoms with van der Waals surface area (Å²) in [6.45, 7) is 5.90. The Morgan fingerprint density at radius 1 is 1.05 bits per heavy atom. The number of nitrogens with zero attached hydrogens (tertiary/aromatic N) is 2. The fraction of sp³-hybridized carbons (Fsp3) is 0.933. The SMILES string of the molecule is NCCCN1CCCN(C(=O)C2CC3CC3C2)CC1. The zero-order chi connectivity index (χ0) is 13.2. The molecule has 0 radical (unpaired) electrons. The number of hydrogen-bond donors (Lipinski definition) is 1. The predicted molar refractivity (Wildman–Crippen MR) is 75.6 cm³/mol. The molecule has 3 rings (SSSR count). The molecule has 4 heteroatoms. The summed E-state index contributed by atoms with van der Waals surface area (Å²) < 4.78 is 0. The quantitative estimate of drug-likeness (QED) is 0.822. The number of nitrogens with two attached hydrogens (primary N) is 1. The van der Waals surface area contributed by atoms with E-state index in [9.17, 15) is 4.79 Å². The van der Waals surface area contributed by atoms with Crippen molar-refractivity contribution in [3.8, 4) is 0 Å². The largest absolute Gasteiger partial charge is 0.341 e. The third-order valence-corrected chi connectivity index (χ3v) is 5.17. The second-order valence-electron chi connectivity index (χ2n) is 6.59. The molecule has 4 nitrogen and oxygen atoms in total. The minimum absolute atomic E-state index is 0.361. The predicted octanol–water partition coefficient (Wildman–Crippen LogP) is 0.916. The van der Waals surface area contributed by atoms with Gasteiger partial charge in [-0.1, -0.05) is 0 Å². The van der Waals surface area contributed by atoms with E-state index in [0.717, 1.165) is 63.9 Å². The Bertz CT molecular complexity index is 323. The van der Waals surface area contributed by atoms with Crippen LogP contribution in [0.5, 0.6) is 0 Å². The van der Waals surface area contributed by atoms with Gasteiger partial charge in [0.05, 0.1) is 0 Å². The van der Waals surface area contributed by atoms with Crippen LogP contribution in [0.3, 0.4) is 0 Å². The molecule has 2 unspecified atom stereocenters. The fourth-order valence-corrected chi connectivity index (χ4v) is 3.90. The molecule has 1 aliphatic heterocycles. The van der Waals surface area contributed by atoms with Gasteiger partial charge in [0.15, 0.2) is 0 Å². The van der Waals surface area contributed by atoms with Gasteiger partial charge >= 0.3 is 0 Å². The van der Waals surface area contributed by atoms with E-state index < -0.39 is 0 Å². The molecule has 1 heterocycles. The van der Waals surface area contributed by atoms with E-state index in [1.54, 1.807) is 0 Å². The molecular formula is C15H27N3O. The van der Waals surface area contributed by atoms with Crippen LogP contribution in [0.25, 0.3) is 0 Å². The van der Waals surface area contributed by atoms with Gasteiger partial charge < -0.3 is 15.5 Å². The lowest BCUT2D eigenvalue weighted by atomic mass is 10.0. The van der Waals surface area contributed by atoms with Gasteiger partial charge in [0.25, 0.3) is 0 Å². The summed E-state index contributed by atoms with van der Waals surface area (Å²) >= 11 is 0. The summed E-state index contributed by atoms with van der Waals surface area (Å²) in [5.74, 6) is 2.62. The number of rotatable bonds is 4. The maximum atomic E-state index is 12.5. The number of amides is 1. The van der Waals surface area contributed by atoms with E-state index in [0.29, 0.717) is 11.8 Å². The van der Waals surface area contributed by atoms with E-state index in [1.807, 2.05) is 0 Å². The Morgan fingerprint density at radius 3 is 2.58 bits per heavy atom. The van der Waals surface area contributed by atoms with Gasteiger partial charge in [0, 0.05) is 25.6 Å². The van der Waals surface area contributed by atoms with Gasteiger partial charge in [0.2, 0.25) is 5.91 Å². The minimum atomic E-state index is 0.361. The van der Waals surface area contributed by atoms with Gasteiger partial charge in [-0.05, 0) is 63.6 Å². The lowest BCUT2D eigenvalue weighted by Gasteiger charge is -2.25. The Labute approximate surface area is 116 Å². The van der Waals surface area contributed by atoms with Crippen molar-refractivity contribution in [1.82, 2.24) is 9.80 Å². The highest BCUT2D eigenvalue weighted by Gasteiger charge is 2.48. The normalized spacial score (nSPS) is 35.0. The first-order chi connectivity index (χ1) is 9.28. The van der Waals surface area contributed by atoms with Gasteiger partial charge in [-0.3, -0.25) is 4.79 Å². The molecule has 1 saturated heterocycles. The smallest absolute Gasteiger partial charge is 0.225 e. The van der Waals surface area contributed by atoms with Gasteiger partial charge in [-0.25, -0.2) is 0 Å². The lowest BCUT2D eigenvalue weighted by molar-refractivity contribution is -0.135. The minimum Gasteiger partial charge on any atom is -0.341 e. The molecule has 0 spiro atoms. The van der Waals surface area contributed by atoms with Gasteiger partial charge in [-0.15, -0.1) is 0 Å². The maximum Gasteiger partial charge on any atom is 0.225 e. The molecule has 0 aromatic carbocycles. The number of carbonyl (C=O) groups is 1. The Hall–Kier alpha value is -0.610. The van der Waals surface area contributed by atoms with Gasteiger partial charge in [0.1, 0.15) is 0 Å². The van der Waals surface area contributed by atoms with E-state index in [-0.39, 0.29) is 0 Å². The average molecular weight is 265 g/mol. The van der Waals surface area contributed by atoms with Crippen LogP contribution in [-0.4, -0.2) is 55.0 Å². The first kappa shape index (κ1) is 13.4. The van der Waals surface area contributed by atoms with Crippen molar-refractivity contribution in [2.24, 2.45) is 23.5 Å². The fourth-order valence-electron chi connectivity index (χ4n) is 3.90. The van der Waals surface area contributed by atoms with Crippen molar-refractivity contribution in [2.45, 2.75) is 32.1 Å². The molecular weight excluding hydrogens is 238 g/mol. The van der Waals surface area contributed by atoms with Crippen LogP contribution in [0.2, 0.25) is 0 Å². The second-order valence-corrected chi connectivity index (χ2v) is 6.59. The number of hydrogen-bond acceptors (Lipinski definition) is 3. The third-order valence-electron chi connectivity index (χ3n) is 5.17. The summed E-state index contributed by atoms with van der Waals surface area (Å²) in [5, 5.41) is 0. The first-order valence-electron chi connectivity index (χ1n) is 7.99. The molecule has 0 bridgehead atoms. The average Bonchev–Trinajstić information content (AvgIpc) is 3.11. The lowest BCUT2D eigenvalue weighted by Crippen LogP contribution is -2.39. The van der Waals surface area contributed by atoms with Crippen LogP contribution >= 0.6 is 0 Å². The summed E-state index contributed by atoms with van der Waals surface area (Å²) in [6, 6.07) is 0. The summed E-state index contributed by atoms with van der Waals surface area (Å²) in [7, 11) is 0. The van der Waals surface area contributed by atoms with Crippen molar-refractivity contribution in [2.75, 3.05) is 39.3 Å². The molecule has 108 valence electrons. The zero-order valence-corrected chi connectivity index (χ0v) is 11.9. The van der Waals surface area contributed by atoms with Crippen LogP contribution in [0.15, 0.2) is 0 Å². The van der Waals surface area contributed by atoms with Crippen LogP contribution in [0.4, 0.5) is 0 Å². The van der Waals surface area contributed by atoms with E-state index in [4.69, 9.17) is 5.73 Å². The highest BCUT2D eigenvalue weighted by molar-refractivity contribution is 5.79. The summed E-state index contributed by atoms with van der Waals surface area (Å²) in [6.07, 6.45) is 5.94. The Balaban J connectivity index is 1.47. The molecule has 0 aromatic heterocycles. The Morgan fingerprint density at radius 2 is 1.84 bits per heavy atom. The first-order valence-corrected chi connectivity index (χ1v) is 7.99. The second kappa shape index (κ2) is 5.80. The maximum absolute atomic E-state index is 12.5. The molecule has 2 saturated carbocycles. The molecule has 3 aliphatic rings. The van der Waals surface area contributed by atoms with Crippen molar-refractivity contribution in [3.63, 3.8) is 0 Å². The summed E-state index contributed by atoms with van der Waals surface area (Å²) in [4.78, 5) is 17.1. The monoisotopic (exact) mass is 265 g/mol. The number of fused-ring (bicyclic) bond motifs is 1. The molecule has 0 aromatic rings. The van der Waals surface area contributed by atoms with Crippen LogP contribution in [-0.2, 0) is 4.79 Å². The molecule has 2 aliphatic carbocycles. The van der Waals surface area contributed by atoms with Crippen molar-refractivity contribution < 1.29 is 4.79 Å². The van der Waals surface area contributed by atoms with Crippen molar-refractivity contribution in [3.05, 3.63) is 0 Å². The molecule has 3 fully saturated rings. The van der Waals surface area contributed by atoms with Crippen LogP contribution in [0.1, 0.15) is 32.1 Å². The third kappa shape index (κ3) is 3.11. The van der Waals surface area contributed by atoms with Crippen molar-refractivity contribution >= 4 is 5.91 Å². The number of carbonyl (C=O) groups excluding carboxylic acids is 1. The van der Waals surface area contributed by atoms with E-state index >= 15 is 0 Å². The van der Waals surface area contributed by atoms with E-state index in [1.165, 1.54) is 19.3 Å². The molecule has 2 atom stereocenters.